The number of piperidine rings is 1. The van der Waals surface area contributed by atoms with Crippen LogP contribution in [0, 0.1) is 35.5 Å². The molecular weight excluding hydrogens is 959 g/mol. The van der Waals surface area contributed by atoms with Gasteiger partial charge in [0, 0.05) is 84.1 Å². The van der Waals surface area contributed by atoms with Crippen LogP contribution in [-0.4, -0.2) is 183 Å². The Kier molecular flexibility index (Phi) is 27.5. The molecule has 0 radical (unpaired) electrons. The largest absolute Gasteiger partial charge is 0.460 e. The predicted octanol–water partition coefficient (Wildman–Crippen LogP) is 7.31. The van der Waals surface area contributed by atoms with Gasteiger partial charge in [-0.3, -0.25) is 24.1 Å². The lowest BCUT2D eigenvalue weighted by atomic mass is 9.79. The average molecular weight is 1060 g/mol. The molecule has 0 aromatic rings. The Morgan fingerprint density at radius 3 is 2.17 bits per heavy atom. The number of piperazine rings is 1. The zero-order valence-electron chi connectivity index (χ0n) is 48.1. The van der Waals surface area contributed by atoms with Gasteiger partial charge in [-0.05, 0) is 127 Å². The summed E-state index contributed by atoms with van der Waals surface area (Å²) < 4.78 is 35.9. The molecule has 1 saturated carbocycles. The van der Waals surface area contributed by atoms with Gasteiger partial charge in [0.2, 0.25) is 5.79 Å². The third kappa shape index (κ3) is 19.6. The lowest BCUT2D eigenvalue weighted by Gasteiger charge is -2.43. The van der Waals surface area contributed by atoms with E-state index in [0.29, 0.717) is 76.3 Å². The summed E-state index contributed by atoms with van der Waals surface area (Å²) >= 11 is 0. The van der Waals surface area contributed by atoms with Gasteiger partial charge in [0.1, 0.15) is 30.1 Å². The SMILES string of the molecule is C/C=C/C=C(\C)C(C[C@@H]1CC[C@@H](C)[C@](O)(C(=O)C(=O)N2CCCCC2C(=O)O[C@@H](CC(=O)[C@H](C)/C=C(\C)[C@@H](O)[C@@H](OC)C(=O)[C@H](C)CC(C)C)[C@H](C)C[C@H]2CC[C@H](OCCN3CCN(C)CC3)CC2)O1)OCCOC. The van der Waals surface area contributed by atoms with E-state index in [9.17, 15) is 34.2 Å². The summed E-state index contributed by atoms with van der Waals surface area (Å²) in [5, 5.41) is 23.4. The third-order valence-corrected chi connectivity index (χ3v) is 16.4. The second kappa shape index (κ2) is 32.0. The Bertz CT molecular complexity index is 1890. The molecule has 0 aromatic heterocycles. The first-order valence-corrected chi connectivity index (χ1v) is 28.5. The normalized spacial score (nSPS) is 27.6. The van der Waals surface area contributed by atoms with Gasteiger partial charge in [0.05, 0.1) is 38.1 Å². The summed E-state index contributed by atoms with van der Waals surface area (Å²) in [5.41, 5.74) is 1.36. The number of esters is 1. The second-order valence-corrected chi connectivity index (χ2v) is 23.0. The predicted molar refractivity (Wildman–Crippen MR) is 290 cm³/mol. The fourth-order valence-electron chi connectivity index (χ4n) is 11.4. The highest BCUT2D eigenvalue weighted by atomic mass is 16.6. The highest BCUT2D eigenvalue weighted by molar-refractivity contribution is 6.39. The molecule has 1 amide bonds. The van der Waals surface area contributed by atoms with Crippen molar-refractivity contribution in [2.24, 2.45) is 35.5 Å². The van der Waals surface area contributed by atoms with Crippen molar-refractivity contribution in [3.05, 3.63) is 35.5 Å². The Hall–Kier alpha value is -3.19. The van der Waals surface area contributed by atoms with E-state index in [1.807, 2.05) is 59.8 Å². The molecule has 3 aliphatic heterocycles. The van der Waals surface area contributed by atoms with Gasteiger partial charge < -0.3 is 48.4 Å². The lowest BCUT2D eigenvalue weighted by molar-refractivity contribution is -0.266. The molecule has 1 aliphatic carbocycles. The number of amides is 1. The maximum Gasteiger partial charge on any atom is 0.329 e. The van der Waals surface area contributed by atoms with E-state index in [4.69, 9.17) is 28.4 Å². The molecule has 0 spiro atoms. The molecule has 4 rings (SSSR count). The molecule has 0 aromatic carbocycles. The molecule has 2 unspecified atom stereocenters. The molecule has 2 N–H and O–H groups in total. The number of rotatable bonds is 30. The number of hydrogen-bond donors (Lipinski definition) is 2. The third-order valence-electron chi connectivity index (χ3n) is 16.4. The van der Waals surface area contributed by atoms with E-state index in [1.165, 1.54) is 12.0 Å². The Labute approximate surface area is 450 Å². The first-order valence-electron chi connectivity index (χ1n) is 28.5. The van der Waals surface area contributed by atoms with Crippen molar-refractivity contribution in [3.8, 4) is 0 Å². The first kappa shape index (κ1) is 64.3. The summed E-state index contributed by atoms with van der Waals surface area (Å²) in [6, 6.07) is -1.12. The fraction of sp³-hybridized carbons (Fsp3) is 0.814. The van der Waals surface area contributed by atoms with E-state index in [0.717, 1.165) is 64.0 Å². The van der Waals surface area contributed by atoms with Gasteiger partial charge in [-0.25, -0.2) is 4.79 Å². The van der Waals surface area contributed by atoms with Crippen molar-refractivity contribution in [1.29, 1.82) is 0 Å². The number of aliphatic hydroxyl groups is 2. The number of methoxy groups -OCH3 is 2. The summed E-state index contributed by atoms with van der Waals surface area (Å²) in [6.07, 6.45) is 11.0. The van der Waals surface area contributed by atoms with E-state index in [-0.39, 0.29) is 54.8 Å². The number of ketones is 3. The number of ether oxygens (including phenoxy) is 6. The van der Waals surface area contributed by atoms with E-state index >= 15 is 0 Å². The zero-order valence-corrected chi connectivity index (χ0v) is 48.1. The molecule has 75 heavy (non-hydrogen) atoms. The van der Waals surface area contributed by atoms with Gasteiger partial charge in [0.25, 0.3) is 11.7 Å². The number of likely N-dealkylation sites (tertiary alicyclic amines) is 1. The molecule has 11 atom stereocenters. The summed E-state index contributed by atoms with van der Waals surface area (Å²) in [6.45, 7) is 23.6. The second-order valence-electron chi connectivity index (χ2n) is 23.0. The highest BCUT2D eigenvalue weighted by Crippen LogP contribution is 2.38. The summed E-state index contributed by atoms with van der Waals surface area (Å²) in [5.74, 6) is -7.08. The van der Waals surface area contributed by atoms with E-state index in [2.05, 4.69) is 16.8 Å². The molecule has 3 saturated heterocycles. The molecule has 428 valence electrons. The minimum Gasteiger partial charge on any atom is -0.460 e. The maximum absolute atomic E-state index is 14.6. The number of allylic oxidation sites excluding steroid dienone is 4. The zero-order chi connectivity index (χ0) is 55.4. The van der Waals surface area contributed by atoms with Crippen molar-refractivity contribution in [1.82, 2.24) is 14.7 Å². The number of hydrogen-bond acceptors (Lipinski definition) is 15. The highest BCUT2D eigenvalue weighted by Gasteiger charge is 2.53. The average Bonchev–Trinajstić information content (AvgIpc) is 3.38. The number of aliphatic hydroxyl groups excluding tert-OH is 1. The number of carbonyl (C=O) groups is 5. The molecule has 16 nitrogen and oxygen atoms in total. The van der Waals surface area contributed by atoms with Crippen LogP contribution in [0.1, 0.15) is 146 Å². The van der Waals surface area contributed by atoms with Crippen molar-refractivity contribution < 1.29 is 62.6 Å². The van der Waals surface area contributed by atoms with Crippen LogP contribution in [0.2, 0.25) is 0 Å². The van der Waals surface area contributed by atoms with Crippen molar-refractivity contribution in [3.63, 3.8) is 0 Å². The quantitative estimate of drug-likeness (QED) is 0.0239. The van der Waals surface area contributed by atoms with Crippen LogP contribution in [0.4, 0.5) is 0 Å². The minimum atomic E-state index is -2.43. The number of Topliss-reactive ketones (excluding diaryl/α,β-unsaturated/α-hetero) is 3. The van der Waals surface area contributed by atoms with Gasteiger partial charge >= 0.3 is 5.97 Å². The molecule has 4 fully saturated rings. The minimum absolute atomic E-state index is 0.104. The molecule has 16 heteroatoms. The lowest BCUT2D eigenvalue weighted by Crippen LogP contribution is -2.61. The molecule has 4 aliphatic rings. The maximum atomic E-state index is 14.6. The molecule has 0 bridgehead atoms. The topological polar surface area (TPSA) is 191 Å². The summed E-state index contributed by atoms with van der Waals surface area (Å²) in [7, 11) is 5.15. The van der Waals surface area contributed by atoms with Crippen molar-refractivity contribution in [2.75, 3.05) is 80.4 Å². The van der Waals surface area contributed by atoms with Gasteiger partial charge in [0.15, 0.2) is 5.78 Å². The smallest absolute Gasteiger partial charge is 0.329 e. The van der Waals surface area contributed by atoms with Crippen molar-refractivity contribution in [2.45, 2.75) is 194 Å². The molecular formula is C59H99N3O13. The van der Waals surface area contributed by atoms with E-state index in [1.54, 1.807) is 34.0 Å². The van der Waals surface area contributed by atoms with Gasteiger partial charge in [-0.1, -0.05) is 65.8 Å². The number of likely N-dealkylation sites (N-methyl/N-ethyl adjacent to an activating group) is 1. The Balaban J connectivity index is 1.51. The van der Waals surface area contributed by atoms with Crippen molar-refractivity contribution >= 4 is 29.2 Å². The van der Waals surface area contributed by atoms with Crippen LogP contribution < -0.4 is 0 Å². The van der Waals surface area contributed by atoms with Gasteiger partial charge in [-0.15, -0.1) is 0 Å². The van der Waals surface area contributed by atoms with Crippen LogP contribution in [0.3, 0.4) is 0 Å². The standard InChI is InChI=1S/C59H99N3O13/c1-13-14-17-40(4)51(73-33-32-70-11)37-48-22-19-45(9)59(69,75-48)56(66)57(67)62-25-16-15-18-49(62)58(68)74-52(38-50(63)41(5)35-44(8)54(65)55(71-12)53(64)43(7)34-39(2)3)42(6)36-46-20-23-47(24-21-46)72-31-30-61-28-26-60(10)27-29-61/h13-14,17,35,39,41-43,45-49,51-52,54-55,65,69H,15-16,18-34,36-38H2,1-12H3/b14-13+,40-17+,44-35+/t41-,42-,43-,45-,46-,47-,48+,49?,51?,52+,54-,55+,59-/m1/s1. The van der Waals surface area contributed by atoms with Crippen LogP contribution >= 0.6 is 0 Å². The monoisotopic (exact) mass is 1060 g/mol. The van der Waals surface area contributed by atoms with E-state index < -0.39 is 71.8 Å². The first-order chi connectivity index (χ1) is 35.6. The fourth-order valence-corrected chi connectivity index (χ4v) is 11.4. The number of carbonyl (C=O) groups excluding carboxylic acids is 5. The van der Waals surface area contributed by atoms with Gasteiger partial charge in [-0.2, -0.15) is 0 Å². The summed E-state index contributed by atoms with van der Waals surface area (Å²) in [4.78, 5) is 77.1. The Morgan fingerprint density at radius 1 is 0.840 bits per heavy atom. The van der Waals surface area contributed by atoms with Crippen LogP contribution in [0.5, 0.6) is 0 Å². The van der Waals surface area contributed by atoms with Crippen LogP contribution in [-0.2, 0) is 52.4 Å². The van der Waals surface area contributed by atoms with Crippen LogP contribution in [0.25, 0.3) is 0 Å². The van der Waals surface area contributed by atoms with Crippen LogP contribution in [0.15, 0.2) is 35.5 Å². The number of nitrogens with zero attached hydrogens (tertiary/aromatic N) is 3. The Morgan fingerprint density at radius 2 is 1.53 bits per heavy atom. The molecule has 3 heterocycles.